The third kappa shape index (κ3) is 1.46. The van der Waals surface area contributed by atoms with Gasteiger partial charge in [-0.1, -0.05) is 0 Å². The summed E-state index contributed by atoms with van der Waals surface area (Å²) >= 11 is 0. The largest absolute Gasteiger partial charge is 0.515 e. The molecule has 0 spiro atoms. The van der Waals surface area contributed by atoms with Crippen LogP contribution in [0.25, 0.3) is 0 Å². The maximum Gasteiger partial charge on any atom is 0.285 e. The van der Waals surface area contributed by atoms with Gasteiger partial charge >= 0.3 is 0 Å². The normalized spacial score (nSPS) is 18.0. The maximum absolute atomic E-state index is 11.6. The number of benzene rings is 1. The van der Waals surface area contributed by atoms with E-state index in [-0.39, 0.29) is 5.57 Å². The molecular formula is C10H9N3O3. The van der Waals surface area contributed by atoms with Crippen molar-refractivity contribution in [3.05, 3.63) is 36.1 Å². The highest BCUT2D eigenvalue weighted by Gasteiger charge is 2.34. The molecule has 1 aliphatic heterocycles. The predicted molar refractivity (Wildman–Crippen MR) is 57.2 cm³/mol. The molecule has 0 aromatic heterocycles. The average molecular weight is 219 g/mol. The van der Waals surface area contributed by atoms with Gasteiger partial charge < -0.3 is 10.8 Å². The summed E-state index contributed by atoms with van der Waals surface area (Å²) in [5.41, 5.74) is 8.55. The van der Waals surface area contributed by atoms with Gasteiger partial charge in [-0.15, -0.1) is 0 Å². The molecule has 4 N–H and O–H groups in total. The quantitative estimate of drug-likeness (QED) is 0.270. The smallest absolute Gasteiger partial charge is 0.285 e. The first kappa shape index (κ1) is 10.0. The number of rotatable bonds is 1. The van der Waals surface area contributed by atoms with Gasteiger partial charge in [0.1, 0.15) is 5.57 Å². The second-order valence-electron chi connectivity index (χ2n) is 3.22. The second kappa shape index (κ2) is 3.58. The standard InChI is InChI=1S/C10H9N3O3/c11-6-1-3-7(4-2-6)13-10(16)8(5-14)9(15)12-13/h1-5,14H,11H2,(H,12,15)/b8-5+. The zero-order chi connectivity index (χ0) is 11.7. The van der Waals surface area contributed by atoms with Gasteiger partial charge in [0, 0.05) is 5.69 Å². The van der Waals surface area contributed by atoms with E-state index in [0.29, 0.717) is 17.6 Å². The number of aliphatic hydroxyl groups excluding tert-OH is 1. The highest BCUT2D eigenvalue weighted by molar-refractivity contribution is 6.29. The third-order valence-corrected chi connectivity index (χ3v) is 2.17. The molecule has 6 nitrogen and oxygen atoms in total. The minimum absolute atomic E-state index is 0.295. The molecule has 0 atom stereocenters. The van der Waals surface area contributed by atoms with Crippen molar-refractivity contribution in [3.8, 4) is 0 Å². The zero-order valence-electron chi connectivity index (χ0n) is 8.18. The van der Waals surface area contributed by atoms with E-state index < -0.39 is 11.8 Å². The molecule has 0 unspecified atom stereocenters. The highest BCUT2D eigenvalue weighted by atomic mass is 16.2. The third-order valence-electron chi connectivity index (χ3n) is 2.17. The molecule has 1 heterocycles. The number of hydrogen-bond donors (Lipinski definition) is 3. The van der Waals surface area contributed by atoms with Crippen molar-refractivity contribution in [3.63, 3.8) is 0 Å². The first-order chi connectivity index (χ1) is 7.63. The first-order valence-corrected chi connectivity index (χ1v) is 4.49. The van der Waals surface area contributed by atoms with Crippen molar-refractivity contribution >= 4 is 23.2 Å². The SMILES string of the molecule is Nc1ccc(N2NC(=O)/C(=C\O)C2=O)cc1. The minimum Gasteiger partial charge on any atom is -0.515 e. The van der Waals surface area contributed by atoms with Crippen LogP contribution >= 0.6 is 0 Å². The van der Waals surface area contributed by atoms with E-state index in [1.54, 1.807) is 24.3 Å². The van der Waals surface area contributed by atoms with Gasteiger partial charge in [-0.05, 0) is 24.3 Å². The molecule has 6 heteroatoms. The number of aliphatic hydroxyl groups is 1. The fraction of sp³-hybridized carbons (Fsp3) is 0. The summed E-state index contributed by atoms with van der Waals surface area (Å²) < 4.78 is 0. The van der Waals surface area contributed by atoms with E-state index in [1.807, 2.05) is 0 Å². The Morgan fingerprint density at radius 1 is 1.25 bits per heavy atom. The van der Waals surface area contributed by atoms with Crippen LogP contribution in [0.15, 0.2) is 36.1 Å². The van der Waals surface area contributed by atoms with Gasteiger partial charge in [0.2, 0.25) is 0 Å². The summed E-state index contributed by atoms with van der Waals surface area (Å²) in [6, 6.07) is 6.40. The Bertz CT molecular complexity index is 479. The van der Waals surface area contributed by atoms with E-state index in [4.69, 9.17) is 10.8 Å². The number of hydrazine groups is 1. The van der Waals surface area contributed by atoms with Crippen LogP contribution in [0.2, 0.25) is 0 Å². The van der Waals surface area contributed by atoms with Gasteiger partial charge in [0.05, 0.1) is 11.9 Å². The van der Waals surface area contributed by atoms with Crippen LogP contribution in [0.5, 0.6) is 0 Å². The fourth-order valence-electron chi connectivity index (χ4n) is 1.35. The number of nitrogens with two attached hydrogens (primary N) is 1. The Labute approximate surface area is 90.9 Å². The summed E-state index contributed by atoms with van der Waals surface area (Å²) in [4.78, 5) is 22.9. The first-order valence-electron chi connectivity index (χ1n) is 4.49. The molecule has 0 bridgehead atoms. The number of anilines is 2. The monoisotopic (exact) mass is 219 g/mol. The molecule has 2 amide bonds. The number of nitrogens with one attached hydrogen (secondary N) is 1. The number of hydrogen-bond acceptors (Lipinski definition) is 4. The Balaban J connectivity index is 2.34. The lowest BCUT2D eigenvalue weighted by atomic mass is 10.2. The molecule has 1 fully saturated rings. The van der Waals surface area contributed by atoms with Gasteiger partial charge in [0.25, 0.3) is 11.8 Å². The topological polar surface area (TPSA) is 95.7 Å². The molecule has 2 rings (SSSR count). The number of carbonyl (C=O) groups excluding carboxylic acids is 2. The summed E-state index contributed by atoms with van der Waals surface area (Å²) in [6.45, 7) is 0. The lowest BCUT2D eigenvalue weighted by Crippen LogP contribution is -2.35. The zero-order valence-corrected chi connectivity index (χ0v) is 8.18. The van der Waals surface area contributed by atoms with Crippen molar-refractivity contribution in [2.75, 3.05) is 10.7 Å². The molecule has 1 aliphatic rings. The number of amides is 2. The van der Waals surface area contributed by atoms with Crippen molar-refractivity contribution in [1.82, 2.24) is 5.43 Å². The molecule has 1 aromatic rings. The number of nitrogens with zero attached hydrogens (tertiary/aromatic N) is 1. The number of nitrogen functional groups attached to an aromatic ring is 1. The Kier molecular flexibility index (Phi) is 2.24. The van der Waals surface area contributed by atoms with Crippen molar-refractivity contribution < 1.29 is 14.7 Å². The molecule has 0 aliphatic carbocycles. The Hall–Kier alpha value is -2.50. The van der Waals surface area contributed by atoms with E-state index in [2.05, 4.69) is 5.43 Å². The fourth-order valence-corrected chi connectivity index (χ4v) is 1.35. The van der Waals surface area contributed by atoms with Gasteiger partial charge in [-0.2, -0.15) is 0 Å². The van der Waals surface area contributed by atoms with Crippen molar-refractivity contribution in [2.24, 2.45) is 0 Å². The average Bonchev–Trinajstić information content (AvgIpc) is 2.55. The van der Waals surface area contributed by atoms with Crippen LogP contribution in [0.4, 0.5) is 11.4 Å². The minimum atomic E-state index is -0.635. The van der Waals surface area contributed by atoms with Gasteiger partial charge in [0.15, 0.2) is 0 Å². The van der Waals surface area contributed by atoms with E-state index in [0.717, 1.165) is 5.01 Å². The van der Waals surface area contributed by atoms with E-state index >= 15 is 0 Å². The van der Waals surface area contributed by atoms with Crippen LogP contribution in [-0.2, 0) is 9.59 Å². The molecule has 0 saturated carbocycles. The van der Waals surface area contributed by atoms with Crippen LogP contribution < -0.4 is 16.2 Å². The Morgan fingerprint density at radius 3 is 2.38 bits per heavy atom. The molecule has 1 aromatic carbocycles. The summed E-state index contributed by atoms with van der Waals surface area (Å²) in [5.74, 6) is -1.23. The maximum atomic E-state index is 11.6. The highest BCUT2D eigenvalue weighted by Crippen LogP contribution is 2.20. The summed E-state index contributed by atoms with van der Waals surface area (Å²) in [7, 11) is 0. The van der Waals surface area contributed by atoms with Crippen molar-refractivity contribution in [2.45, 2.75) is 0 Å². The van der Waals surface area contributed by atoms with Crippen LogP contribution in [-0.4, -0.2) is 16.9 Å². The van der Waals surface area contributed by atoms with Crippen LogP contribution in [0, 0.1) is 0 Å². The molecule has 82 valence electrons. The molecule has 1 saturated heterocycles. The van der Waals surface area contributed by atoms with E-state index in [9.17, 15) is 9.59 Å². The lowest BCUT2D eigenvalue weighted by molar-refractivity contribution is -0.117. The summed E-state index contributed by atoms with van der Waals surface area (Å²) in [5, 5.41) is 9.77. The van der Waals surface area contributed by atoms with Crippen molar-refractivity contribution in [1.29, 1.82) is 0 Å². The predicted octanol–water partition coefficient (Wildman–Crippen LogP) is 0.0885. The van der Waals surface area contributed by atoms with Crippen LogP contribution in [0.1, 0.15) is 0 Å². The molecular weight excluding hydrogens is 210 g/mol. The lowest BCUT2D eigenvalue weighted by Gasteiger charge is -2.14. The number of carbonyl (C=O) groups is 2. The Morgan fingerprint density at radius 2 is 1.88 bits per heavy atom. The summed E-state index contributed by atoms with van der Waals surface area (Å²) in [6.07, 6.45) is 0.495. The molecule has 0 radical (unpaired) electrons. The van der Waals surface area contributed by atoms with E-state index in [1.165, 1.54) is 0 Å². The second-order valence-corrected chi connectivity index (χ2v) is 3.22. The molecule has 16 heavy (non-hydrogen) atoms. The van der Waals surface area contributed by atoms with Crippen LogP contribution in [0.3, 0.4) is 0 Å². The van der Waals surface area contributed by atoms with Gasteiger partial charge in [-0.3, -0.25) is 15.0 Å². The van der Waals surface area contributed by atoms with Gasteiger partial charge in [-0.25, -0.2) is 5.01 Å².